The van der Waals surface area contributed by atoms with Crippen molar-refractivity contribution in [3.05, 3.63) is 52.9 Å². The molecule has 156 valence electrons. The summed E-state index contributed by atoms with van der Waals surface area (Å²) in [4.78, 5) is 25.2. The molecule has 0 radical (unpaired) electrons. The number of hydrogen-bond acceptors (Lipinski definition) is 6. The van der Waals surface area contributed by atoms with Crippen LogP contribution in [0.1, 0.15) is 35.3 Å². The minimum Gasteiger partial charge on any atom is -0.462 e. The highest BCUT2D eigenvalue weighted by Crippen LogP contribution is 2.37. The maximum absolute atomic E-state index is 12.6. The lowest BCUT2D eigenvalue weighted by molar-refractivity contribution is -0.115. The molecule has 1 aromatic carbocycles. The summed E-state index contributed by atoms with van der Waals surface area (Å²) >= 11 is 1.16. The number of nitrogens with one attached hydrogen (secondary N) is 1. The molecule has 1 aromatic heterocycles. The Hall–Kier alpha value is -2.45. The molecule has 0 fully saturated rings. The smallest absolute Gasteiger partial charge is 0.341 e. The topological polar surface area (TPSA) is 89.5 Å². The molecule has 29 heavy (non-hydrogen) atoms. The Labute approximate surface area is 175 Å². The van der Waals surface area contributed by atoms with E-state index in [-0.39, 0.29) is 22.9 Å². The number of sulfone groups is 1. The lowest BCUT2D eigenvalue weighted by Crippen LogP contribution is -2.33. The van der Waals surface area contributed by atoms with Gasteiger partial charge in [0.25, 0.3) is 0 Å². The molecule has 0 aliphatic carbocycles. The van der Waals surface area contributed by atoms with Crippen molar-refractivity contribution in [3.8, 4) is 11.1 Å². The molecule has 0 aliphatic heterocycles. The summed E-state index contributed by atoms with van der Waals surface area (Å²) in [5, 5.41) is 3.35. The van der Waals surface area contributed by atoms with Crippen LogP contribution in [0.4, 0.5) is 5.00 Å². The summed E-state index contributed by atoms with van der Waals surface area (Å²) in [6.45, 7) is 10.6. The van der Waals surface area contributed by atoms with Crippen molar-refractivity contribution in [1.29, 1.82) is 0 Å². The van der Waals surface area contributed by atoms with E-state index >= 15 is 0 Å². The molecule has 0 bridgehead atoms. The lowest BCUT2D eigenvalue weighted by Gasteiger charge is -2.13. The van der Waals surface area contributed by atoms with Gasteiger partial charge in [0.2, 0.25) is 5.91 Å². The fraction of sp³-hybridized carbons (Fsp3) is 0.333. The highest BCUT2D eigenvalue weighted by atomic mass is 32.2. The Morgan fingerprint density at radius 1 is 1.28 bits per heavy atom. The molecule has 8 heteroatoms. The summed E-state index contributed by atoms with van der Waals surface area (Å²) < 4.78 is 29.5. The van der Waals surface area contributed by atoms with Crippen LogP contribution < -0.4 is 5.32 Å². The molecule has 6 nitrogen and oxygen atoms in total. The third-order valence-corrected chi connectivity index (χ3v) is 7.47. The Kier molecular flexibility index (Phi) is 7.37. The molecule has 1 N–H and O–H groups in total. The number of carbonyl (C=O) groups is 2. The first kappa shape index (κ1) is 22.8. The lowest BCUT2D eigenvalue weighted by atomic mass is 9.99. The number of hydrogen-bond donors (Lipinski definition) is 1. The fourth-order valence-corrected chi connectivity index (χ4v) is 4.63. The zero-order valence-corrected chi connectivity index (χ0v) is 18.6. The van der Waals surface area contributed by atoms with E-state index in [1.54, 1.807) is 12.3 Å². The summed E-state index contributed by atoms with van der Waals surface area (Å²) in [6.07, 6.45) is 1.24. The SMILES string of the molecule is C=CCS(=O)(=O)C(C)C(=O)Nc1scc(-c2ccc(C)c(C)c2)c1C(=O)OCC. The maximum Gasteiger partial charge on any atom is 0.341 e. The van der Waals surface area contributed by atoms with Crippen molar-refractivity contribution in [2.24, 2.45) is 0 Å². The molecule has 2 rings (SSSR count). The van der Waals surface area contributed by atoms with Gasteiger partial charge in [-0.2, -0.15) is 0 Å². The van der Waals surface area contributed by atoms with Crippen LogP contribution in [0.2, 0.25) is 0 Å². The van der Waals surface area contributed by atoms with Crippen LogP contribution in [0, 0.1) is 13.8 Å². The zero-order chi connectivity index (χ0) is 21.8. The second-order valence-corrected chi connectivity index (χ2v) is 9.87. The van der Waals surface area contributed by atoms with Crippen LogP contribution in [-0.4, -0.2) is 37.9 Å². The quantitative estimate of drug-likeness (QED) is 0.497. The van der Waals surface area contributed by atoms with Crippen LogP contribution >= 0.6 is 11.3 Å². The van der Waals surface area contributed by atoms with Crippen LogP contribution in [0.15, 0.2) is 36.2 Å². The molecule has 1 heterocycles. The normalized spacial score (nSPS) is 12.3. The van der Waals surface area contributed by atoms with Crippen LogP contribution in [0.25, 0.3) is 11.1 Å². The van der Waals surface area contributed by atoms with E-state index in [0.29, 0.717) is 5.56 Å². The van der Waals surface area contributed by atoms with E-state index in [1.807, 2.05) is 32.0 Å². The number of thiophene rings is 1. The predicted octanol–water partition coefficient (Wildman–Crippen LogP) is 4.14. The number of aryl methyl sites for hydroxylation is 2. The van der Waals surface area contributed by atoms with Crippen molar-refractivity contribution < 1.29 is 22.7 Å². The van der Waals surface area contributed by atoms with Crippen molar-refractivity contribution in [1.82, 2.24) is 0 Å². The Morgan fingerprint density at radius 3 is 2.55 bits per heavy atom. The van der Waals surface area contributed by atoms with Crippen LogP contribution in [0.5, 0.6) is 0 Å². The zero-order valence-electron chi connectivity index (χ0n) is 16.9. The van der Waals surface area contributed by atoms with Crippen molar-refractivity contribution in [2.45, 2.75) is 32.9 Å². The second-order valence-electron chi connectivity index (χ2n) is 6.62. The molecule has 0 saturated heterocycles. The molecule has 0 aliphatic rings. The molecule has 2 aromatic rings. The number of amides is 1. The second kappa shape index (κ2) is 9.37. The first-order chi connectivity index (χ1) is 13.6. The van der Waals surface area contributed by atoms with Crippen LogP contribution in [0.3, 0.4) is 0 Å². The van der Waals surface area contributed by atoms with E-state index in [4.69, 9.17) is 4.74 Å². The highest BCUT2D eigenvalue weighted by Gasteiger charge is 2.29. The molecule has 0 saturated carbocycles. The molecular weight excluding hydrogens is 410 g/mol. The van der Waals surface area contributed by atoms with E-state index in [2.05, 4.69) is 11.9 Å². The summed E-state index contributed by atoms with van der Waals surface area (Å²) in [7, 11) is -3.67. The summed E-state index contributed by atoms with van der Waals surface area (Å²) in [6, 6.07) is 5.82. The Morgan fingerprint density at radius 2 is 1.97 bits per heavy atom. The standard InChI is InChI=1S/C21H25NO5S2/c1-6-10-29(25,26)15(5)19(23)22-20-18(21(24)27-7-2)17(12-28-20)16-9-8-13(3)14(4)11-16/h6,8-9,11-12,15H,1,7,10H2,2-5H3,(H,22,23). The number of benzene rings is 1. The number of anilines is 1. The van der Waals surface area contributed by atoms with Crippen molar-refractivity contribution >= 4 is 38.1 Å². The van der Waals surface area contributed by atoms with Crippen molar-refractivity contribution in [3.63, 3.8) is 0 Å². The van der Waals surface area contributed by atoms with Gasteiger partial charge < -0.3 is 10.1 Å². The van der Waals surface area contributed by atoms with Gasteiger partial charge in [-0.1, -0.05) is 24.3 Å². The molecule has 1 atom stereocenters. The third kappa shape index (κ3) is 5.13. The molecular formula is C21H25NO5S2. The fourth-order valence-electron chi connectivity index (χ4n) is 2.66. The van der Waals surface area contributed by atoms with Gasteiger partial charge in [-0.25, -0.2) is 13.2 Å². The number of carbonyl (C=O) groups excluding carboxylic acids is 2. The van der Waals surface area contributed by atoms with E-state index in [9.17, 15) is 18.0 Å². The largest absolute Gasteiger partial charge is 0.462 e. The molecule has 0 spiro atoms. The van der Waals surface area contributed by atoms with Gasteiger partial charge in [-0.3, -0.25) is 4.79 Å². The van der Waals surface area contributed by atoms with Gasteiger partial charge in [0, 0.05) is 10.9 Å². The van der Waals surface area contributed by atoms with E-state index in [0.717, 1.165) is 28.0 Å². The minimum absolute atomic E-state index is 0.179. The van der Waals surface area contributed by atoms with Crippen LogP contribution in [-0.2, 0) is 19.4 Å². The molecule has 1 unspecified atom stereocenters. The van der Waals surface area contributed by atoms with E-state index < -0.39 is 27.0 Å². The highest BCUT2D eigenvalue weighted by molar-refractivity contribution is 7.92. The van der Waals surface area contributed by atoms with Crippen molar-refractivity contribution in [2.75, 3.05) is 17.7 Å². The average molecular weight is 436 g/mol. The maximum atomic E-state index is 12.6. The summed E-state index contributed by atoms with van der Waals surface area (Å²) in [5.74, 6) is -1.57. The Bertz CT molecular complexity index is 1040. The monoisotopic (exact) mass is 435 g/mol. The number of rotatable bonds is 8. The first-order valence-electron chi connectivity index (χ1n) is 9.11. The van der Waals surface area contributed by atoms with Gasteiger partial charge in [0.1, 0.15) is 15.8 Å². The Balaban J connectivity index is 2.46. The van der Waals surface area contributed by atoms with Gasteiger partial charge >= 0.3 is 5.97 Å². The third-order valence-electron chi connectivity index (χ3n) is 4.58. The summed E-state index contributed by atoms with van der Waals surface area (Å²) in [5.41, 5.74) is 3.87. The van der Waals surface area contributed by atoms with Gasteiger partial charge in [-0.05, 0) is 44.4 Å². The van der Waals surface area contributed by atoms with Gasteiger partial charge in [-0.15, -0.1) is 17.9 Å². The minimum atomic E-state index is -3.67. The number of esters is 1. The van der Waals surface area contributed by atoms with E-state index in [1.165, 1.54) is 13.0 Å². The van der Waals surface area contributed by atoms with Gasteiger partial charge in [0.05, 0.1) is 12.4 Å². The number of ether oxygens (including phenoxy) is 1. The average Bonchev–Trinajstić information content (AvgIpc) is 3.07. The van der Waals surface area contributed by atoms with Gasteiger partial charge in [0.15, 0.2) is 9.84 Å². The molecule has 1 amide bonds. The predicted molar refractivity (Wildman–Crippen MR) is 117 cm³/mol. The first-order valence-corrected chi connectivity index (χ1v) is 11.7.